The summed E-state index contributed by atoms with van der Waals surface area (Å²) >= 11 is 0. The fraction of sp³-hybridized carbons (Fsp3) is 0.429. The molecular formula is C7H8N4O. The van der Waals surface area contributed by atoms with Crippen molar-refractivity contribution < 1.29 is 4.52 Å². The van der Waals surface area contributed by atoms with E-state index in [2.05, 4.69) is 20.3 Å². The van der Waals surface area contributed by atoms with Crippen LogP contribution in [0.25, 0.3) is 11.2 Å². The zero-order chi connectivity index (χ0) is 8.55. The van der Waals surface area contributed by atoms with Crippen molar-refractivity contribution in [3.63, 3.8) is 0 Å². The minimum Gasteiger partial charge on any atom is -0.333 e. The van der Waals surface area contributed by atoms with Gasteiger partial charge in [0.15, 0.2) is 0 Å². The van der Waals surface area contributed by atoms with E-state index in [1.807, 2.05) is 13.8 Å². The Hall–Kier alpha value is -1.52. The third kappa shape index (κ3) is 1.03. The summed E-state index contributed by atoms with van der Waals surface area (Å²) in [7, 11) is 0. The first-order valence-electron chi connectivity index (χ1n) is 3.72. The lowest BCUT2D eigenvalue weighted by molar-refractivity contribution is 0.423. The molecule has 62 valence electrons. The summed E-state index contributed by atoms with van der Waals surface area (Å²) < 4.78 is 4.77. The second-order valence-electron chi connectivity index (χ2n) is 2.84. The summed E-state index contributed by atoms with van der Waals surface area (Å²) in [6.45, 7) is 4.04. The van der Waals surface area contributed by atoms with E-state index in [4.69, 9.17) is 4.52 Å². The van der Waals surface area contributed by atoms with Crippen LogP contribution in [0.3, 0.4) is 0 Å². The van der Waals surface area contributed by atoms with Gasteiger partial charge in [-0.2, -0.15) is 0 Å². The Morgan fingerprint density at radius 3 is 3.00 bits per heavy atom. The molecule has 0 saturated heterocycles. The average Bonchev–Trinajstić information content (AvgIpc) is 2.49. The van der Waals surface area contributed by atoms with Crippen molar-refractivity contribution in [1.29, 1.82) is 0 Å². The maximum atomic E-state index is 4.77. The van der Waals surface area contributed by atoms with Crippen LogP contribution in [0.2, 0.25) is 0 Å². The zero-order valence-electron chi connectivity index (χ0n) is 6.85. The zero-order valence-corrected chi connectivity index (χ0v) is 6.85. The van der Waals surface area contributed by atoms with Gasteiger partial charge in [0, 0.05) is 11.2 Å². The van der Waals surface area contributed by atoms with Crippen LogP contribution in [0.4, 0.5) is 0 Å². The largest absolute Gasteiger partial charge is 0.333 e. The summed E-state index contributed by atoms with van der Waals surface area (Å²) in [4.78, 5) is 8.25. The van der Waals surface area contributed by atoms with Gasteiger partial charge < -0.3 is 4.52 Å². The minimum atomic E-state index is 0.297. The molecule has 0 saturated carbocycles. The number of nitrogens with zero attached hydrogens (tertiary/aromatic N) is 4. The standard InChI is InChI=1S/C7H8N4O/c1-4(2)6-8-3-5-7(9-6)10-11-12-5/h3-4H,1-2H3. The third-order valence-electron chi connectivity index (χ3n) is 1.55. The molecule has 0 atom stereocenters. The highest BCUT2D eigenvalue weighted by Gasteiger charge is 2.06. The lowest BCUT2D eigenvalue weighted by atomic mass is 10.2. The van der Waals surface area contributed by atoms with Crippen LogP contribution in [-0.4, -0.2) is 20.3 Å². The van der Waals surface area contributed by atoms with Crippen molar-refractivity contribution in [2.45, 2.75) is 19.8 Å². The van der Waals surface area contributed by atoms with E-state index in [1.165, 1.54) is 0 Å². The Labute approximate surface area is 68.8 Å². The molecule has 5 heteroatoms. The molecule has 2 rings (SSSR count). The minimum absolute atomic E-state index is 0.297. The molecule has 0 amide bonds. The fourth-order valence-electron chi connectivity index (χ4n) is 0.892. The van der Waals surface area contributed by atoms with E-state index in [0.717, 1.165) is 5.82 Å². The summed E-state index contributed by atoms with van der Waals surface area (Å²) in [6, 6.07) is 0. The van der Waals surface area contributed by atoms with Crippen LogP contribution < -0.4 is 0 Å². The van der Waals surface area contributed by atoms with Gasteiger partial charge in [-0.1, -0.05) is 18.9 Å². The highest BCUT2D eigenvalue weighted by atomic mass is 16.5. The van der Waals surface area contributed by atoms with Crippen LogP contribution >= 0.6 is 0 Å². The summed E-state index contributed by atoms with van der Waals surface area (Å²) in [5, 5.41) is 7.07. The molecule has 0 aliphatic rings. The summed E-state index contributed by atoms with van der Waals surface area (Å²) in [5.41, 5.74) is 1.05. The lowest BCUT2D eigenvalue weighted by Gasteiger charge is -1.99. The Balaban J connectivity index is 2.60. The van der Waals surface area contributed by atoms with Crippen LogP contribution in [0.15, 0.2) is 10.7 Å². The molecule has 0 N–H and O–H groups in total. The predicted octanol–water partition coefficient (Wildman–Crippen LogP) is 1.14. The first-order chi connectivity index (χ1) is 5.77. The van der Waals surface area contributed by atoms with Crippen molar-refractivity contribution in [3.05, 3.63) is 12.0 Å². The van der Waals surface area contributed by atoms with Gasteiger partial charge >= 0.3 is 0 Å². The molecular weight excluding hydrogens is 156 g/mol. The van der Waals surface area contributed by atoms with Crippen LogP contribution in [0.1, 0.15) is 25.6 Å². The molecule has 2 aromatic heterocycles. The van der Waals surface area contributed by atoms with E-state index >= 15 is 0 Å². The van der Waals surface area contributed by atoms with Crippen molar-refractivity contribution in [3.8, 4) is 0 Å². The Morgan fingerprint density at radius 1 is 1.42 bits per heavy atom. The van der Waals surface area contributed by atoms with E-state index in [-0.39, 0.29) is 0 Å². The molecule has 0 radical (unpaired) electrons. The molecule has 0 fully saturated rings. The molecule has 0 unspecified atom stereocenters. The fourth-order valence-corrected chi connectivity index (χ4v) is 0.892. The molecule has 2 heterocycles. The predicted molar refractivity (Wildman–Crippen MR) is 41.5 cm³/mol. The van der Waals surface area contributed by atoms with Crippen LogP contribution in [0.5, 0.6) is 0 Å². The molecule has 5 nitrogen and oxygen atoms in total. The maximum Gasteiger partial charge on any atom is 0.227 e. The smallest absolute Gasteiger partial charge is 0.227 e. The second kappa shape index (κ2) is 2.51. The topological polar surface area (TPSA) is 64.7 Å². The number of hydrogen-bond acceptors (Lipinski definition) is 5. The SMILES string of the molecule is CC(C)c1ncc2onnc2n1. The maximum absolute atomic E-state index is 4.77. The molecule has 0 aliphatic carbocycles. The van der Waals surface area contributed by atoms with Crippen molar-refractivity contribution in [2.75, 3.05) is 0 Å². The number of fused-ring (bicyclic) bond motifs is 1. The highest BCUT2D eigenvalue weighted by molar-refractivity contribution is 5.64. The van der Waals surface area contributed by atoms with Gasteiger partial charge in [0.05, 0.1) is 6.20 Å². The first kappa shape index (κ1) is 7.15. The number of rotatable bonds is 1. The van der Waals surface area contributed by atoms with Gasteiger partial charge in [0.1, 0.15) is 5.82 Å². The first-order valence-corrected chi connectivity index (χ1v) is 3.72. The molecule has 0 spiro atoms. The van der Waals surface area contributed by atoms with Gasteiger partial charge in [-0.15, -0.1) is 0 Å². The highest BCUT2D eigenvalue weighted by Crippen LogP contribution is 2.11. The van der Waals surface area contributed by atoms with Crippen LogP contribution in [0, 0.1) is 0 Å². The number of aromatic nitrogens is 4. The van der Waals surface area contributed by atoms with E-state index in [9.17, 15) is 0 Å². The second-order valence-corrected chi connectivity index (χ2v) is 2.84. The van der Waals surface area contributed by atoms with E-state index in [1.54, 1.807) is 6.20 Å². The van der Waals surface area contributed by atoms with Gasteiger partial charge in [-0.05, 0) is 0 Å². The van der Waals surface area contributed by atoms with Gasteiger partial charge in [-0.25, -0.2) is 9.97 Å². The Bertz CT molecular complexity index is 395. The third-order valence-corrected chi connectivity index (χ3v) is 1.55. The molecule has 0 aromatic carbocycles. The van der Waals surface area contributed by atoms with Crippen molar-refractivity contribution in [2.24, 2.45) is 0 Å². The van der Waals surface area contributed by atoms with Crippen molar-refractivity contribution >= 4 is 11.2 Å². The molecule has 0 aliphatic heterocycles. The van der Waals surface area contributed by atoms with E-state index < -0.39 is 0 Å². The molecule has 2 aromatic rings. The van der Waals surface area contributed by atoms with Gasteiger partial charge in [-0.3, -0.25) is 0 Å². The summed E-state index contributed by atoms with van der Waals surface area (Å²) in [5.74, 6) is 1.06. The quantitative estimate of drug-likeness (QED) is 0.632. The monoisotopic (exact) mass is 164 g/mol. The lowest BCUT2D eigenvalue weighted by Crippen LogP contribution is -1.96. The summed E-state index contributed by atoms with van der Waals surface area (Å²) in [6.07, 6.45) is 1.59. The molecule has 12 heavy (non-hydrogen) atoms. The normalized spacial score (nSPS) is 11.2. The van der Waals surface area contributed by atoms with Gasteiger partial charge in [0.2, 0.25) is 11.2 Å². The van der Waals surface area contributed by atoms with Gasteiger partial charge in [0.25, 0.3) is 0 Å². The van der Waals surface area contributed by atoms with E-state index in [0.29, 0.717) is 17.1 Å². The number of hydrogen-bond donors (Lipinski definition) is 0. The Morgan fingerprint density at radius 2 is 2.25 bits per heavy atom. The average molecular weight is 164 g/mol. The molecule has 0 bridgehead atoms. The Kier molecular flexibility index (Phi) is 1.49. The van der Waals surface area contributed by atoms with Crippen molar-refractivity contribution in [1.82, 2.24) is 20.3 Å². The van der Waals surface area contributed by atoms with Crippen LogP contribution in [-0.2, 0) is 0 Å².